The summed E-state index contributed by atoms with van der Waals surface area (Å²) in [6.45, 7) is 2.12. The second kappa shape index (κ2) is 6.93. The SMILES string of the molecule is Cn1ccc2c(N3CCN(c4cnn(CC(F)F)c(=O)c4)CC3)ncnc21. The molecule has 1 saturated heterocycles. The Morgan fingerprint density at radius 3 is 2.59 bits per heavy atom. The highest BCUT2D eigenvalue weighted by Crippen LogP contribution is 2.25. The fourth-order valence-electron chi connectivity index (χ4n) is 3.36. The van der Waals surface area contributed by atoms with Crippen molar-refractivity contribution in [3.8, 4) is 0 Å². The quantitative estimate of drug-likeness (QED) is 0.681. The molecule has 0 bridgehead atoms. The number of hydrogen-bond acceptors (Lipinski definition) is 6. The molecule has 27 heavy (non-hydrogen) atoms. The van der Waals surface area contributed by atoms with Crippen LogP contribution in [0.15, 0.2) is 35.6 Å². The minimum absolute atomic E-state index is 0.517. The maximum Gasteiger partial charge on any atom is 0.269 e. The lowest BCUT2D eigenvalue weighted by Crippen LogP contribution is -2.47. The van der Waals surface area contributed by atoms with Crippen molar-refractivity contribution in [3.63, 3.8) is 0 Å². The van der Waals surface area contributed by atoms with E-state index in [0.717, 1.165) is 34.6 Å². The lowest BCUT2D eigenvalue weighted by atomic mass is 10.2. The molecule has 1 fully saturated rings. The lowest BCUT2D eigenvalue weighted by Gasteiger charge is -2.36. The van der Waals surface area contributed by atoms with Crippen molar-refractivity contribution in [2.45, 2.75) is 13.0 Å². The van der Waals surface area contributed by atoms with Gasteiger partial charge in [0.25, 0.3) is 12.0 Å². The van der Waals surface area contributed by atoms with Crippen LogP contribution >= 0.6 is 0 Å². The summed E-state index contributed by atoms with van der Waals surface area (Å²) >= 11 is 0. The molecule has 0 atom stereocenters. The van der Waals surface area contributed by atoms with Crippen LogP contribution in [0.5, 0.6) is 0 Å². The van der Waals surface area contributed by atoms with Crippen LogP contribution in [0.1, 0.15) is 0 Å². The molecule has 0 aromatic carbocycles. The van der Waals surface area contributed by atoms with E-state index in [1.807, 2.05) is 28.8 Å². The van der Waals surface area contributed by atoms with Gasteiger partial charge < -0.3 is 14.4 Å². The fourth-order valence-corrected chi connectivity index (χ4v) is 3.36. The van der Waals surface area contributed by atoms with E-state index in [0.29, 0.717) is 18.8 Å². The van der Waals surface area contributed by atoms with Gasteiger partial charge in [0.15, 0.2) is 0 Å². The summed E-state index contributed by atoms with van der Waals surface area (Å²) in [5.41, 5.74) is 1.02. The molecule has 0 spiro atoms. The zero-order valence-corrected chi connectivity index (χ0v) is 14.8. The summed E-state index contributed by atoms with van der Waals surface area (Å²) in [6, 6.07) is 3.37. The molecular weight excluding hydrogens is 356 g/mol. The molecule has 0 radical (unpaired) electrons. The highest BCUT2D eigenvalue weighted by Gasteiger charge is 2.21. The summed E-state index contributed by atoms with van der Waals surface area (Å²) in [7, 11) is 1.94. The minimum atomic E-state index is -2.60. The summed E-state index contributed by atoms with van der Waals surface area (Å²) in [5.74, 6) is 0.894. The third-order valence-corrected chi connectivity index (χ3v) is 4.75. The lowest BCUT2D eigenvalue weighted by molar-refractivity contribution is 0.119. The van der Waals surface area contributed by atoms with Crippen LogP contribution in [0.25, 0.3) is 11.0 Å². The standard InChI is InChI=1S/C17H19F2N7O/c1-23-3-2-13-16(23)20-11-21-17(13)25-6-4-24(5-7-25)12-8-15(27)26(22-9-12)10-14(18)19/h2-3,8-9,11,14H,4-7,10H2,1H3. The van der Waals surface area contributed by atoms with E-state index in [1.54, 1.807) is 6.33 Å². The zero-order valence-electron chi connectivity index (χ0n) is 14.8. The Bertz CT molecular complexity index is 1010. The molecule has 4 rings (SSSR count). The van der Waals surface area contributed by atoms with E-state index < -0.39 is 18.5 Å². The Kier molecular flexibility index (Phi) is 4.46. The van der Waals surface area contributed by atoms with E-state index >= 15 is 0 Å². The number of piperazine rings is 1. The summed E-state index contributed by atoms with van der Waals surface area (Å²) in [6.07, 6.45) is 2.39. The van der Waals surface area contributed by atoms with Crippen molar-refractivity contribution in [1.82, 2.24) is 24.3 Å². The predicted octanol–water partition coefficient (Wildman–Crippen LogP) is 1.12. The second-order valence-corrected chi connectivity index (χ2v) is 6.46. The van der Waals surface area contributed by atoms with Crippen LogP contribution in [-0.4, -0.2) is 56.9 Å². The molecule has 0 saturated carbocycles. The number of hydrogen-bond donors (Lipinski definition) is 0. The van der Waals surface area contributed by atoms with Crippen LogP contribution in [-0.2, 0) is 13.6 Å². The fraction of sp³-hybridized carbons (Fsp3) is 0.412. The van der Waals surface area contributed by atoms with E-state index in [2.05, 4.69) is 20.0 Å². The normalized spacial score (nSPS) is 15.1. The zero-order chi connectivity index (χ0) is 19.0. The maximum atomic E-state index is 12.4. The van der Waals surface area contributed by atoms with Gasteiger partial charge in [-0.3, -0.25) is 4.79 Å². The van der Waals surface area contributed by atoms with Crippen molar-refractivity contribution in [2.24, 2.45) is 7.05 Å². The average molecular weight is 375 g/mol. The van der Waals surface area contributed by atoms with Gasteiger partial charge >= 0.3 is 0 Å². The number of aromatic nitrogens is 5. The van der Waals surface area contributed by atoms with Gasteiger partial charge in [0.2, 0.25) is 0 Å². The van der Waals surface area contributed by atoms with Crippen molar-refractivity contribution >= 4 is 22.5 Å². The van der Waals surface area contributed by atoms with Crippen molar-refractivity contribution in [2.75, 3.05) is 36.0 Å². The van der Waals surface area contributed by atoms with E-state index in [9.17, 15) is 13.6 Å². The molecule has 1 aliphatic heterocycles. The first-order chi connectivity index (χ1) is 13.0. The van der Waals surface area contributed by atoms with Crippen molar-refractivity contribution in [3.05, 3.63) is 41.2 Å². The Morgan fingerprint density at radius 2 is 1.89 bits per heavy atom. The van der Waals surface area contributed by atoms with Crippen LogP contribution in [0, 0.1) is 0 Å². The molecule has 4 heterocycles. The third kappa shape index (κ3) is 3.34. The molecule has 8 nitrogen and oxygen atoms in total. The van der Waals surface area contributed by atoms with Gasteiger partial charge in [-0.15, -0.1) is 0 Å². The smallest absolute Gasteiger partial charge is 0.269 e. The molecule has 0 aliphatic carbocycles. The second-order valence-electron chi connectivity index (χ2n) is 6.46. The van der Waals surface area contributed by atoms with E-state index in [4.69, 9.17) is 0 Å². The number of alkyl halides is 2. The summed E-state index contributed by atoms with van der Waals surface area (Å²) in [5, 5.41) is 4.86. The Balaban J connectivity index is 1.49. The van der Waals surface area contributed by atoms with Gasteiger partial charge in [0.05, 0.1) is 17.3 Å². The Labute approximate surface area is 153 Å². The molecule has 3 aromatic rings. The number of aryl methyl sites for hydroxylation is 1. The highest BCUT2D eigenvalue weighted by atomic mass is 19.3. The minimum Gasteiger partial charge on any atom is -0.367 e. The molecule has 0 amide bonds. The molecular formula is C17H19F2N7O. The van der Waals surface area contributed by atoms with Crippen molar-refractivity contribution < 1.29 is 8.78 Å². The van der Waals surface area contributed by atoms with Crippen LogP contribution in [0.3, 0.4) is 0 Å². The van der Waals surface area contributed by atoms with Gasteiger partial charge in [0, 0.05) is 45.5 Å². The Hall–Kier alpha value is -3.04. The first kappa shape index (κ1) is 17.4. The van der Waals surface area contributed by atoms with Gasteiger partial charge in [0.1, 0.15) is 24.3 Å². The van der Waals surface area contributed by atoms with Gasteiger partial charge in [-0.2, -0.15) is 5.10 Å². The summed E-state index contributed by atoms with van der Waals surface area (Å²) < 4.78 is 27.6. The predicted molar refractivity (Wildman–Crippen MR) is 97.4 cm³/mol. The number of nitrogens with zero attached hydrogens (tertiary/aromatic N) is 7. The maximum absolute atomic E-state index is 12.4. The highest BCUT2D eigenvalue weighted by molar-refractivity contribution is 5.87. The number of anilines is 2. The van der Waals surface area contributed by atoms with Crippen LogP contribution < -0.4 is 15.4 Å². The van der Waals surface area contributed by atoms with Gasteiger partial charge in [-0.25, -0.2) is 23.4 Å². The van der Waals surface area contributed by atoms with E-state index in [1.165, 1.54) is 12.3 Å². The first-order valence-electron chi connectivity index (χ1n) is 8.64. The number of fused-ring (bicyclic) bond motifs is 1. The third-order valence-electron chi connectivity index (χ3n) is 4.75. The number of rotatable bonds is 4. The molecule has 1 aliphatic rings. The summed E-state index contributed by atoms with van der Waals surface area (Å²) in [4.78, 5) is 24.9. The molecule has 0 unspecified atom stereocenters. The number of halogens is 2. The van der Waals surface area contributed by atoms with Crippen molar-refractivity contribution in [1.29, 1.82) is 0 Å². The van der Waals surface area contributed by atoms with Crippen LogP contribution in [0.4, 0.5) is 20.3 Å². The molecule has 142 valence electrons. The molecule has 3 aromatic heterocycles. The molecule has 10 heteroatoms. The topological polar surface area (TPSA) is 72.1 Å². The van der Waals surface area contributed by atoms with Crippen LogP contribution in [0.2, 0.25) is 0 Å². The molecule has 0 N–H and O–H groups in total. The van der Waals surface area contributed by atoms with E-state index in [-0.39, 0.29) is 0 Å². The van der Waals surface area contributed by atoms with Gasteiger partial charge in [-0.05, 0) is 6.07 Å². The Morgan fingerprint density at radius 1 is 1.15 bits per heavy atom. The largest absolute Gasteiger partial charge is 0.367 e. The first-order valence-corrected chi connectivity index (χ1v) is 8.64. The average Bonchev–Trinajstić information content (AvgIpc) is 3.04. The van der Waals surface area contributed by atoms with Gasteiger partial charge in [-0.1, -0.05) is 0 Å². The monoisotopic (exact) mass is 375 g/mol.